The predicted octanol–water partition coefficient (Wildman–Crippen LogP) is 3.89. The standard InChI is InChI=1S/C33H43N11O4/c1-23(20-45-3)21-47-32-30(19-44(39-32)29-8-6-28(7-9-29)42-10-12-46-13-11-42)38-33-35-16-27(17-36-33)25-4-5-26(15-34)31(14-25)48-24(2)18-43-22-37-40-41-43/h4-5,14,16-17,19,22-24,28-29H,6-13,18,20-21H2,1-3H3,(H,35,36,38)/t23?,24-,28-,29-/m0/s1. The molecular formula is C33H43N11O4. The summed E-state index contributed by atoms with van der Waals surface area (Å²) in [6, 6.07) is 8.52. The summed E-state index contributed by atoms with van der Waals surface area (Å²) in [6.07, 6.45) is 11.1. The van der Waals surface area contributed by atoms with Crippen LogP contribution in [0.15, 0.2) is 43.1 Å². The minimum Gasteiger partial charge on any atom is -0.487 e. The van der Waals surface area contributed by atoms with E-state index in [0.717, 1.165) is 63.1 Å². The molecule has 1 N–H and O–H groups in total. The number of tetrazole rings is 1. The van der Waals surface area contributed by atoms with Crippen LogP contribution in [0.1, 0.15) is 51.1 Å². The Morgan fingerprint density at radius 1 is 1.04 bits per heavy atom. The van der Waals surface area contributed by atoms with Crippen molar-refractivity contribution in [1.82, 2.24) is 44.9 Å². The zero-order valence-electron chi connectivity index (χ0n) is 27.7. The molecule has 2 fully saturated rings. The average Bonchev–Trinajstić information content (AvgIpc) is 3.78. The fraction of sp³-hybridized carbons (Fsp3) is 0.545. The highest BCUT2D eigenvalue weighted by molar-refractivity contribution is 5.67. The topological polar surface area (TPSA) is 163 Å². The second-order valence-corrected chi connectivity index (χ2v) is 12.5. The number of hydrogen-bond acceptors (Lipinski definition) is 13. The van der Waals surface area contributed by atoms with Crippen molar-refractivity contribution >= 4 is 11.6 Å². The van der Waals surface area contributed by atoms with Crippen molar-refractivity contribution in [2.45, 2.75) is 64.3 Å². The molecule has 0 spiro atoms. The van der Waals surface area contributed by atoms with Gasteiger partial charge in [-0.2, -0.15) is 5.26 Å². The highest BCUT2D eigenvalue weighted by atomic mass is 16.5. The van der Waals surface area contributed by atoms with Crippen LogP contribution >= 0.6 is 0 Å². The minimum atomic E-state index is -0.270. The van der Waals surface area contributed by atoms with E-state index in [4.69, 9.17) is 24.0 Å². The van der Waals surface area contributed by atoms with E-state index in [1.54, 1.807) is 30.3 Å². The van der Waals surface area contributed by atoms with E-state index in [9.17, 15) is 5.26 Å². The smallest absolute Gasteiger partial charge is 0.256 e. The van der Waals surface area contributed by atoms with E-state index in [2.05, 4.69) is 48.7 Å². The van der Waals surface area contributed by atoms with Crippen LogP contribution in [0, 0.1) is 17.2 Å². The number of methoxy groups -OCH3 is 1. The molecule has 0 amide bonds. The molecule has 1 unspecified atom stereocenters. The maximum Gasteiger partial charge on any atom is 0.256 e. The summed E-state index contributed by atoms with van der Waals surface area (Å²) >= 11 is 0. The summed E-state index contributed by atoms with van der Waals surface area (Å²) in [5, 5.41) is 29.1. The fourth-order valence-corrected chi connectivity index (χ4v) is 6.27. The number of ether oxygens (including phenoxy) is 4. The quantitative estimate of drug-likeness (QED) is 0.208. The van der Waals surface area contributed by atoms with Crippen molar-refractivity contribution in [3.05, 3.63) is 48.7 Å². The Hall–Kier alpha value is -4.65. The molecule has 1 aliphatic carbocycles. The van der Waals surface area contributed by atoms with Crippen LogP contribution in [0.4, 0.5) is 11.6 Å². The van der Waals surface area contributed by atoms with Crippen LogP contribution < -0.4 is 14.8 Å². The maximum absolute atomic E-state index is 9.66. The lowest BCUT2D eigenvalue weighted by atomic mass is 9.90. The number of nitrogens with zero attached hydrogens (tertiary/aromatic N) is 10. The van der Waals surface area contributed by atoms with Crippen molar-refractivity contribution in [3.8, 4) is 28.8 Å². The van der Waals surface area contributed by atoms with Gasteiger partial charge in [-0.05, 0) is 60.7 Å². The van der Waals surface area contributed by atoms with Gasteiger partial charge in [0.05, 0.1) is 50.8 Å². The lowest BCUT2D eigenvalue weighted by molar-refractivity contribution is 0.00502. The number of hydrogen-bond donors (Lipinski definition) is 1. The zero-order valence-corrected chi connectivity index (χ0v) is 27.7. The van der Waals surface area contributed by atoms with Crippen LogP contribution in [0.3, 0.4) is 0 Å². The van der Waals surface area contributed by atoms with Gasteiger partial charge in [0.15, 0.2) is 0 Å². The third-order valence-electron chi connectivity index (χ3n) is 8.75. The van der Waals surface area contributed by atoms with Crippen LogP contribution in [0.2, 0.25) is 0 Å². The highest BCUT2D eigenvalue weighted by Crippen LogP contribution is 2.35. The van der Waals surface area contributed by atoms with Gasteiger partial charge in [0.1, 0.15) is 29.9 Å². The molecule has 2 atom stereocenters. The Morgan fingerprint density at radius 2 is 1.81 bits per heavy atom. The molecule has 0 bridgehead atoms. The monoisotopic (exact) mass is 657 g/mol. The molecule has 1 aliphatic heterocycles. The fourth-order valence-electron chi connectivity index (χ4n) is 6.27. The van der Waals surface area contributed by atoms with Crippen molar-refractivity contribution in [1.29, 1.82) is 5.26 Å². The maximum atomic E-state index is 9.66. The molecule has 6 rings (SSSR count). The van der Waals surface area contributed by atoms with E-state index in [1.165, 1.54) is 6.33 Å². The minimum absolute atomic E-state index is 0.205. The zero-order chi connectivity index (χ0) is 33.3. The van der Waals surface area contributed by atoms with E-state index >= 15 is 0 Å². The van der Waals surface area contributed by atoms with Gasteiger partial charge in [0.2, 0.25) is 5.95 Å². The number of aromatic nitrogens is 8. The van der Waals surface area contributed by atoms with Crippen molar-refractivity contribution in [3.63, 3.8) is 0 Å². The normalized spacial score (nSPS) is 19.7. The second kappa shape index (κ2) is 16.0. The van der Waals surface area contributed by atoms with E-state index in [1.807, 2.05) is 29.9 Å². The summed E-state index contributed by atoms with van der Waals surface area (Å²) in [5.74, 6) is 1.61. The van der Waals surface area contributed by atoms with Gasteiger partial charge in [-0.25, -0.2) is 14.6 Å². The number of anilines is 2. The average molecular weight is 658 g/mol. The van der Waals surface area contributed by atoms with Gasteiger partial charge in [0.25, 0.3) is 5.88 Å². The third kappa shape index (κ3) is 8.43. The Morgan fingerprint density at radius 3 is 2.52 bits per heavy atom. The summed E-state index contributed by atoms with van der Waals surface area (Å²) in [6.45, 7) is 9.17. The molecule has 254 valence electrons. The van der Waals surface area contributed by atoms with Gasteiger partial charge in [-0.15, -0.1) is 10.2 Å². The summed E-state index contributed by atoms with van der Waals surface area (Å²) < 4.78 is 26.8. The molecule has 0 radical (unpaired) electrons. The lowest BCUT2D eigenvalue weighted by Gasteiger charge is -2.38. The highest BCUT2D eigenvalue weighted by Gasteiger charge is 2.29. The third-order valence-corrected chi connectivity index (χ3v) is 8.75. The number of rotatable bonds is 14. The van der Waals surface area contributed by atoms with Crippen LogP contribution in [-0.4, -0.2) is 104 Å². The molecule has 2 aliphatic rings. The van der Waals surface area contributed by atoms with Crippen LogP contribution in [0.25, 0.3) is 11.1 Å². The molecule has 15 nitrogen and oxygen atoms in total. The predicted molar refractivity (Wildman–Crippen MR) is 176 cm³/mol. The molecule has 1 saturated carbocycles. The first-order chi connectivity index (χ1) is 23.5. The molecule has 15 heteroatoms. The Bertz CT molecular complexity index is 1630. The van der Waals surface area contributed by atoms with Crippen molar-refractivity contribution < 1.29 is 18.9 Å². The van der Waals surface area contributed by atoms with Gasteiger partial charge >= 0.3 is 0 Å². The Kier molecular flexibility index (Phi) is 11.1. The second-order valence-electron chi connectivity index (χ2n) is 12.5. The summed E-state index contributed by atoms with van der Waals surface area (Å²) in [7, 11) is 1.69. The van der Waals surface area contributed by atoms with E-state index in [-0.39, 0.29) is 12.0 Å². The van der Waals surface area contributed by atoms with Crippen molar-refractivity contribution in [2.24, 2.45) is 5.92 Å². The lowest BCUT2D eigenvalue weighted by Crippen LogP contribution is -2.45. The summed E-state index contributed by atoms with van der Waals surface area (Å²) in [5.41, 5.74) is 2.75. The number of benzene rings is 1. The molecular weight excluding hydrogens is 614 g/mol. The number of morpholine rings is 1. The van der Waals surface area contributed by atoms with Gasteiger partial charge in [0, 0.05) is 50.1 Å². The van der Waals surface area contributed by atoms with Gasteiger partial charge in [-0.1, -0.05) is 13.0 Å². The first kappa shape index (κ1) is 33.3. The Labute approximate surface area is 280 Å². The van der Waals surface area contributed by atoms with Crippen LogP contribution in [-0.2, 0) is 16.0 Å². The van der Waals surface area contributed by atoms with Gasteiger partial charge < -0.3 is 24.3 Å². The summed E-state index contributed by atoms with van der Waals surface area (Å²) in [4.78, 5) is 11.8. The molecule has 4 heterocycles. The largest absolute Gasteiger partial charge is 0.487 e. The first-order valence-electron chi connectivity index (χ1n) is 16.5. The Balaban J connectivity index is 1.14. The number of nitriles is 1. The molecule has 48 heavy (non-hydrogen) atoms. The molecule has 4 aromatic rings. The molecule has 1 saturated heterocycles. The van der Waals surface area contributed by atoms with E-state index in [0.29, 0.717) is 60.7 Å². The molecule has 3 aromatic heterocycles. The first-order valence-corrected chi connectivity index (χ1v) is 16.5. The molecule has 1 aromatic carbocycles. The van der Waals surface area contributed by atoms with Gasteiger partial charge in [-0.3, -0.25) is 9.58 Å². The van der Waals surface area contributed by atoms with E-state index < -0.39 is 0 Å². The van der Waals surface area contributed by atoms with Crippen LogP contribution in [0.5, 0.6) is 11.6 Å². The van der Waals surface area contributed by atoms with Crippen molar-refractivity contribution in [2.75, 3.05) is 51.9 Å². The number of nitrogens with one attached hydrogen (secondary N) is 1. The SMILES string of the molecule is COCC(C)COc1nn([C@H]2CC[C@H](N3CCOCC3)CC2)cc1Nc1ncc(-c2ccc(C#N)c(O[C@@H](C)Cn3cnnn3)c2)cn1.